The number of imide groups is 1. The summed E-state index contributed by atoms with van der Waals surface area (Å²) in [6, 6.07) is 17.5. The number of carboxylic acid groups (broad SMARTS) is 1. The fourth-order valence-electron chi connectivity index (χ4n) is 7.90. The van der Waals surface area contributed by atoms with Crippen molar-refractivity contribution in [1.29, 1.82) is 0 Å². The van der Waals surface area contributed by atoms with Crippen molar-refractivity contribution in [3.63, 3.8) is 0 Å². The number of aliphatic carboxylic acids is 1. The lowest BCUT2D eigenvalue weighted by atomic mass is 9.72. The molecular formula is C34H40N2O4. The Morgan fingerprint density at radius 2 is 1.43 bits per heavy atom. The Labute approximate surface area is 236 Å². The van der Waals surface area contributed by atoms with Crippen molar-refractivity contribution in [3.05, 3.63) is 71.3 Å². The Bertz CT molecular complexity index is 1260. The monoisotopic (exact) mass is 540 g/mol. The molecule has 6 nitrogen and oxygen atoms in total. The molecule has 4 aliphatic rings. The van der Waals surface area contributed by atoms with Crippen LogP contribution in [0.5, 0.6) is 0 Å². The van der Waals surface area contributed by atoms with Crippen LogP contribution >= 0.6 is 0 Å². The summed E-state index contributed by atoms with van der Waals surface area (Å²) in [5.41, 5.74) is 1.56. The van der Waals surface area contributed by atoms with E-state index in [4.69, 9.17) is 0 Å². The number of carbonyl (C=O) groups excluding carboxylic acids is 2. The maximum atomic E-state index is 14.1. The van der Waals surface area contributed by atoms with E-state index in [1.807, 2.05) is 60.7 Å². The Morgan fingerprint density at radius 3 is 2.05 bits per heavy atom. The van der Waals surface area contributed by atoms with Crippen LogP contribution < -0.4 is 5.32 Å². The summed E-state index contributed by atoms with van der Waals surface area (Å²) >= 11 is 0. The highest BCUT2D eigenvalue weighted by Crippen LogP contribution is 2.53. The molecule has 6 rings (SSSR count). The minimum Gasteiger partial charge on any atom is -0.480 e. The van der Waals surface area contributed by atoms with Crippen LogP contribution in [0.3, 0.4) is 0 Å². The van der Waals surface area contributed by atoms with Gasteiger partial charge in [-0.15, -0.1) is 0 Å². The van der Waals surface area contributed by atoms with Gasteiger partial charge in [0.25, 0.3) is 0 Å². The molecule has 4 atom stereocenters. The van der Waals surface area contributed by atoms with Crippen molar-refractivity contribution in [1.82, 2.24) is 10.2 Å². The minimum atomic E-state index is -1.43. The maximum absolute atomic E-state index is 14.1. The molecule has 2 saturated heterocycles. The Kier molecular flexibility index (Phi) is 7.63. The molecule has 4 fully saturated rings. The van der Waals surface area contributed by atoms with Gasteiger partial charge in [0, 0.05) is 12.1 Å². The molecule has 4 unspecified atom stereocenters. The molecule has 2 heterocycles. The number of nitrogens with zero attached hydrogens (tertiary/aromatic N) is 1. The molecule has 2 amide bonds. The molecule has 40 heavy (non-hydrogen) atoms. The summed E-state index contributed by atoms with van der Waals surface area (Å²) in [5, 5.41) is 14.2. The van der Waals surface area contributed by atoms with Gasteiger partial charge in [0.15, 0.2) is 0 Å². The smallest absolute Gasteiger partial charge is 0.324 e. The second-order valence-electron chi connectivity index (χ2n) is 12.4. The molecule has 6 heteroatoms. The number of hydrogen-bond acceptors (Lipinski definition) is 4. The summed E-state index contributed by atoms with van der Waals surface area (Å²) in [6.45, 7) is 0. The van der Waals surface area contributed by atoms with Gasteiger partial charge in [0.1, 0.15) is 5.54 Å². The Hall–Kier alpha value is -3.25. The number of nitrogens with one attached hydrogen (secondary N) is 1. The highest BCUT2D eigenvalue weighted by Gasteiger charge is 2.69. The topological polar surface area (TPSA) is 86.7 Å². The summed E-state index contributed by atoms with van der Waals surface area (Å²) in [7, 11) is 0. The van der Waals surface area contributed by atoms with Crippen LogP contribution in [0.4, 0.5) is 0 Å². The normalized spacial score (nSPS) is 29.8. The largest absolute Gasteiger partial charge is 0.480 e. The van der Waals surface area contributed by atoms with Crippen molar-refractivity contribution < 1.29 is 19.5 Å². The zero-order chi connectivity index (χ0) is 27.7. The predicted molar refractivity (Wildman–Crippen MR) is 155 cm³/mol. The highest BCUT2D eigenvalue weighted by molar-refractivity contribution is 6.09. The van der Waals surface area contributed by atoms with Gasteiger partial charge in [0.2, 0.25) is 11.8 Å². The molecule has 0 radical (unpaired) electrons. The number of amides is 2. The van der Waals surface area contributed by atoms with Crippen LogP contribution in [-0.2, 0) is 14.4 Å². The van der Waals surface area contributed by atoms with E-state index in [2.05, 4.69) is 11.4 Å². The van der Waals surface area contributed by atoms with Crippen LogP contribution in [0.2, 0.25) is 0 Å². The van der Waals surface area contributed by atoms with E-state index in [-0.39, 0.29) is 23.8 Å². The van der Waals surface area contributed by atoms with Crippen molar-refractivity contribution in [2.45, 2.75) is 88.3 Å². The van der Waals surface area contributed by atoms with Gasteiger partial charge in [0.05, 0.1) is 11.8 Å². The van der Waals surface area contributed by atoms with Gasteiger partial charge in [-0.05, 0) is 41.9 Å². The SMILES string of the molecule is O=C1C2C(c3ccc(C=Cc4ccccc4)cc3)NC(CC3CCCCC3)(C(=O)O)C2C(=O)N1C1CCCCC1. The number of benzene rings is 2. The summed E-state index contributed by atoms with van der Waals surface area (Å²) in [4.78, 5) is 42.8. The third kappa shape index (κ3) is 4.91. The van der Waals surface area contributed by atoms with E-state index >= 15 is 0 Å². The lowest BCUT2D eigenvalue weighted by molar-refractivity contribution is -0.153. The Morgan fingerprint density at radius 1 is 0.825 bits per heavy atom. The van der Waals surface area contributed by atoms with Crippen LogP contribution in [0.25, 0.3) is 12.2 Å². The first-order valence-corrected chi connectivity index (χ1v) is 15.2. The first-order valence-electron chi connectivity index (χ1n) is 15.2. The molecule has 2 N–H and O–H groups in total. The molecule has 0 spiro atoms. The Balaban J connectivity index is 1.34. The zero-order valence-corrected chi connectivity index (χ0v) is 23.1. The lowest BCUT2D eigenvalue weighted by Gasteiger charge is -2.37. The van der Waals surface area contributed by atoms with Crippen LogP contribution in [0.1, 0.15) is 93.4 Å². The number of likely N-dealkylation sites (tertiary alicyclic amines) is 1. The summed E-state index contributed by atoms with van der Waals surface area (Å²) < 4.78 is 0. The van der Waals surface area contributed by atoms with Crippen LogP contribution in [0, 0.1) is 17.8 Å². The van der Waals surface area contributed by atoms with Crippen molar-refractivity contribution in [2.24, 2.45) is 17.8 Å². The van der Waals surface area contributed by atoms with Gasteiger partial charge >= 0.3 is 5.97 Å². The van der Waals surface area contributed by atoms with Crippen molar-refractivity contribution >= 4 is 29.9 Å². The molecule has 2 aromatic rings. The molecule has 2 aliphatic heterocycles. The van der Waals surface area contributed by atoms with E-state index in [9.17, 15) is 19.5 Å². The fourth-order valence-corrected chi connectivity index (χ4v) is 7.90. The van der Waals surface area contributed by atoms with Crippen LogP contribution in [0.15, 0.2) is 54.6 Å². The molecule has 0 aromatic heterocycles. The number of carbonyl (C=O) groups is 3. The molecule has 2 saturated carbocycles. The maximum Gasteiger partial charge on any atom is 0.324 e. The second-order valence-corrected chi connectivity index (χ2v) is 12.4. The standard InChI is InChI=1S/C34H40N2O4/c37-31-28-29(32(38)36(31)27-14-8-3-9-15-27)34(33(39)40,22-25-12-6-2-7-13-25)35-30(28)26-20-18-24(19-21-26)17-16-23-10-4-1-5-11-23/h1,4-5,10-11,16-21,25,27-30,35H,2-3,6-9,12-15,22H2,(H,39,40). The van der Waals surface area contributed by atoms with Gasteiger partial charge in [-0.25, -0.2) is 0 Å². The predicted octanol–water partition coefficient (Wildman–Crippen LogP) is 6.23. The lowest BCUT2D eigenvalue weighted by Crippen LogP contribution is -2.57. The van der Waals surface area contributed by atoms with E-state index < -0.39 is 29.4 Å². The number of rotatable bonds is 7. The van der Waals surface area contributed by atoms with E-state index in [1.54, 1.807) is 0 Å². The second kappa shape index (κ2) is 11.3. The highest BCUT2D eigenvalue weighted by atomic mass is 16.4. The van der Waals surface area contributed by atoms with Gasteiger partial charge in [-0.1, -0.05) is 118 Å². The molecule has 210 valence electrons. The van der Waals surface area contributed by atoms with Crippen LogP contribution in [-0.4, -0.2) is 39.4 Å². The zero-order valence-electron chi connectivity index (χ0n) is 23.1. The summed E-state index contributed by atoms with van der Waals surface area (Å²) in [5.74, 6) is -2.76. The van der Waals surface area contributed by atoms with Gasteiger partial charge in [-0.2, -0.15) is 0 Å². The average molecular weight is 541 g/mol. The molecule has 2 aromatic carbocycles. The van der Waals surface area contributed by atoms with E-state index in [0.29, 0.717) is 6.42 Å². The van der Waals surface area contributed by atoms with Gasteiger partial charge in [-0.3, -0.25) is 24.6 Å². The fraction of sp³-hybridized carbons (Fsp3) is 0.500. The summed E-state index contributed by atoms with van der Waals surface area (Å²) in [6.07, 6.45) is 14.6. The average Bonchev–Trinajstić information content (AvgIpc) is 3.47. The van der Waals surface area contributed by atoms with Gasteiger partial charge < -0.3 is 5.11 Å². The first kappa shape index (κ1) is 26.9. The molecule has 2 aliphatic carbocycles. The third-order valence-electron chi connectivity index (χ3n) is 9.91. The quantitative estimate of drug-likeness (QED) is 0.321. The third-order valence-corrected chi connectivity index (χ3v) is 9.91. The molecular weight excluding hydrogens is 500 g/mol. The first-order chi connectivity index (χ1) is 19.5. The van der Waals surface area contributed by atoms with Crippen molar-refractivity contribution in [2.75, 3.05) is 0 Å². The van der Waals surface area contributed by atoms with E-state index in [0.717, 1.165) is 74.5 Å². The van der Waals surface area contributed by atoms with Crippen molar-refractivity contribution in [3.8, 4) is 0 Å². The molecule has 0 bridgehead atoms. The number of fused-ring (bicyclic) bond motifs is 1. The van der Waals surface area contributed by atoms with E-state index in [1.165, 1.54) is 11.3 Å². The minimum absolute atomic E-state index is 0.105. The number of hydrogen-bond donors (Lipinski definition) is 2. The number of carboxylic acids is 1.